The molecule has 0 saturated carbocycles. The van der Waals surface area contributed by atoms with Gasteiger partial charge >= 0.3 is 0 Å². The highest BCUT2D eigenvalue weighted by molar-refractivity contribution is 5.72. The van der Waals surface area contributed by atoms with E-state index in [1.165, 1.54) is 18.4 Å². The van der Waals surface area contributed by atoms with Crippen molar-refractivity contribution in [3.63, 3.8) is 0 Å². The number of benzene rings is 2. The molecule has 0 unspecified atom stereocenters. The fourth-order valence-electron chi connectivity index (χ4n) is 2.39. The van der Waals surface area contributed by atoms with Crippen LogP contribution in [0.5, 0.6) is 5.75 Å². The SMILES string of the molecule is CN(C)CCCCCOc1ccccc1/C=C/c1ccccc1. The van der Waals surface area contributed by atoms with Crippen molar-refractivity contribution in [2.45, 2.75) is 19.3 Å². The molecule has 0 radical (unpaired) electrons. The summed E-state index contributed by atoms with van der Waals surface area (Å²) in [6.07, 6.45) is 7.78. The standard InChI is InChI=1S/C21H27NO/c1-22(2)17-9-4-10-18-23-21-14-8-7-13-20(21)16-15-19-11-5-3-6-12-19/h3,5-8,11-16H,4,9-10,17-18H2,1-2H3/b16-15+. The van der Waals surface area contributed by atoms with Crippen molar-refractivity contribution in [3.8, 4) is 5.75 Å². The van der Waals surface area contributed by atoms with Gasteiger partial charge in [-0.3, -0.25) is 0 Å². The molecule has 2 aromatic carbocycles. The zero-order valence-electron chi connectivity index (χ0n) is 14.2. The van der Waals surface area contributed by atoms with Crippen LogP contribution in [0, 0.1) is 0 Å². The first kappa shape index (κ1) is 17.3. The molecule has 0 saturated heterocycles. The molecule has 0 aliphatic heterocycles. The Balaban J connectivity index is 1.84. The maximum absolute atomic E-state index is 5.97. The largest absolute Gasteiger partial charge is 0.493 e. The second-order valence-electron chi connectivity index (χ2n) is 5.99. The summed E-state index contributed by atoms with van der Waals surface area (Å²) in [5.74, 6) is 0.965. The van der Waals surface area contributed by atoms with Crippen LogP contribution in [0.1, 0.15) is 30.4 Å². The predicted molar refractivity (Wildman–Crippen MR) is 99.7 cm³/mol. The Morgan fingerprint density at radius 1 is 0.826 bits per heavy atom. The van der Waals surface area contributed by atoms with Crippen LogP contribution in [0.2, 0.25) is 0 Å². The number of ether oxygens (including phenoxy) is 1. The van der Waals surface area contributed by atoms with Crippen LogP contribution in [-0.2, 0) is 0 Å². The van der Waals surface area contributed by atoms with Crippen LogP contribution in [0.3, 0.4) is 0 Å². The van der Waals surface area contributed by atoms with E-state index in [2.05, 4.69) is 67.5 Å². The lowest BCUT2D eigenvalue weighted by Gasteiger charge is -2.11. The molecule has 0 atom stereocenters. The lowest BCUT2D eigenvalue weighted by atomic mass is 10.1. The van der Waals surface area contributed by atoms with Crippen LogP contribution in [-0.4, -0.2) is 32.1 Å². The first-order chi connectivity index (χ1) is 11.3. The van der Waals surface area contributed by atoms with Crippen LogP contribution in [0.4, 0.5) is 0 Å². The van der Waals surface area contributed by atoms with Gasteiger partial charge in [0.25, 0.3) is 0 Å². The second-order valence-corrected chi connectivity index (χ2v) is 5.99. The molecule has 2 rings (SSSR count). The molecular weight excluding hydrogens is 282 g/mol. The van der Waals surface area contributed by atoms with Crippen molar-refractivity contribution < 1.29 is 4.74 Å². The highest BCUT2D eigenvalue weighted by Gasteiger charge is 2.00. The van der Waals surface area contributed by atoms with E-state index in [-0.39, 0.29) is 0 Å². The van der Waals surface area contributed by atoms with Crippen LogP contribution >= 0.6 is 0 Å². The number of rotatable bonds is 9. The van der Waals surface area contributed by atoms with Gasteiger partial charge in [0.1, 0.15) is 5.75 Å². The van der Waals surface area contributed by atoms with Crippen molar-refractivity contribution in [2.75, 3.05) is 27.2 Å². The fourth-order valence-corrected chi connectivity index (χ4v) is 2.39. The summed E-state index contributed by atoms with van der Waals surface area (Å²) in [5.41, 5.74) is 2.33. The van der Waals surface area contributed by atoms with Crippen molar-refractivity contribution in [2.24, 2.45) is 0 Å². The Kier molecular flexibility index (Phi) is 7.41. The molecule has 2 nitrogen and oxygen atoms in total. The third-order valence-electron chi connectivity index (χ3n) is 3.68. The summed E-state index contributed by atoms with van der Waals surface area (Å²) in [5, 5.41) is 0. The highest BCUT2D eigenvalue weighted by Crippen LogP contribution is 2.21. The Morgan fingerprint density at radius 2 is 1.57 bits per heavy atom. The Hall–Kier alpha value is -2.06. The Labute approximate surface area is 140 Å². The Morgan fingerprint density at radius 3 is 2.35 bits per heavy atom. The van der Waals surface area contributed by atoms with Crippen molar-refractivity contribution >= 4 is 12.2 Å². The van der Waals surface area contributed by atoms with Gasteiger partial charge in [0.2, 0.25) is 0 Å². The summed E-state index contributed by atoms with van der Waals surface area (Å²) in [6, 6.07) is 18.6. The van der Waals surface area contributed by atoms with E-state index in [1.807, 2.05) is 18.2 Å². The van der Waals surface area contributed by atoms with Gasteiger partial charge in [0.15, 0.2) is 0 Å². The smallest absolute Gasteiger partial charge is 0.126 e. The molecule has 0 bridgehead atoms. The van der Waals surface area contributed by atoms with Crippen LogP contribution < -0.4 is 4.74 Å². The molecule has 122 valence electrons. The molecule has 23 heavy (non-hydrogen) atoms. The second kappa shape index (κ2) is 9.86. The van der Waals surface area contributed by atoms with Crippen LogP contribution in [0.25, 0.3) is 12.2 Å². The monoisotopic (exact) mass is 309 g/mol. The minimum absolute atomic E-state index is 0.781. The van der Waals surface area contributed by atoms with Crippen LogP contribution in [0.15, 0.2) is 54.6 Å². The molecule has 2 heteroatoms. The van der Waals surface area contributed by atoms with Gasteiger partial charge in [0, 0.05) is 5.56 Å². The summed E-state index contributed by atoms with van der Waals surface area (Å²) < 4.78 is 5.97. The molecule has 2 aromatic rings. The number of para-hydroxylation sites is 1. The quantitative estimate of drug-likeness (QED) is 0.479. The highest BCUT2D eigenvalue weighted by atomic mass is 16.5. The van der Waals surface area contributed by atoms with Crippen molar-refractivity contribution in [1.82, 2.24) is 4.90 Å². The zero-order valence-corrected chi connectivity index (χ0v) is 14.2. The number of nitrogens with zero attached hydrogens (tertiary/aromatic N) is 1. The number of hydrogen-bond acceptors (Lipinski definition) is 2. The van der Waals surface area contributed by atoms with E-state index in [9.17, 15) is 0 Å². The van der Waals surface area contributed by atoms with Gasteiger partial charge in [-0.1, -0.05) is 60.7 Å². The molecule has 0 aliphatic rings. The first-order valence-corrected chi connectivity index (χ1v) is 8.35. The van der Waals surface area contributed by atoms with E-state index in [1.54, 1.807) is 0 Å². The van der Waals surface area contributed by atoms with Gasteiger partial charge in [0.05, 0.1) is 6.61 Å². The average molecular weight is 309 g/mol. The zero-order chi connectivity index (χ0) is 16.3. The Bertz CT molecular complexity index is 590. The topological polar surface area (TPSA) is 12.5 Å². The summed E-state index contributed by atoms with van der Waals surface area (Å²) in [6.45, 7) is 1.93. The number of hydrogen-bond donors (Lipinski definition) is 0. The average Bonchev–Trinajstić information content (AvgIpc) is 2.57. The molecule has 0 spiro atoms. The number of unbranched alkanes of at least 4 members (excludes halogenated alkanes) is 2. The lowest BCUT2D eigenvalue weighted by Crippen LogP contribution is -2.13. The predicted octanol–water partition coefficient (Wildman–Crippen LogP) is 4.97. The van der Waals surface area contributed by atoms with Crippen molar-refractivity contribution in [1.29, 1.82) is 0 Å². The lowest BCUT2D eigenvalue weighted by molar-refractivity contribution is 0.298. The van der Waals surface area contributed by atoms with Gasteiger partial charge in [-0.2, -0.15) is 0 Å². The van der Waals surface area contributed by atoms with E-state index in [0.717, 1.165) is 30.9 Å². The van der Waals surface area contributed by atoms with E-state index >= 15 is 0 Å². The third-order valence-corrected chi connectivity index (χ3v) is 3.68. The third kappa shape index (κ3) is 6.70. The molecule has 0 aliphatic carbocycles. The normalized spacial score (nSPS) is 11.3. The molecule has 0 aromatic heterocycles. The summed E-state index contributed by atoms with van der Waals surface area (Å²) in [7, 11) is 4.23. The minimum atomic E-state index is 0.781. The maximum Gasteiger partial charge on any atom is 0.126 e. The van der Waals surface area contributed by atoms with Gasteiger partial charge in [-0.05, 0) is 51.5 Å². The van der Waals surface area contributed by atoms with Gasteiger partial charge in [-0.15, -0.1) is 0 Å². The van der Waals surface area contributed by atoms with Gasteiger partial charge < -0.3 is 9.64 Å². The summed E-state index contributed by atoms with van der Waals surface area (Å²) >= 11 is 0. The van der Waals surface area contributed by atoms with Gasteiger partial charge in [-0.25, -0.2) is 0 Å². The van der Waals surface area contributed by atoms with Crippen molar-refractivity contribution in [3.05, 3.63) is 65.7 Å². The molecule has 0 amide bonds. The molecule has 0 heterocycles. The minimum Gasteiger partial charge on any atom is -0.493 e. The first-order valence-electron chi connectivity index (χ1n) is 8.35. The van der Waals surface area contributed by atoms with E-state index in [0.29, 0.717) is 0 Å². The van der Waals surface area contributed by atoms with E-state index < -0.39 is 0 Å². The fraction of sp³-hybridized carbons (Fsp3) is 0.333. The molecule has 0 N–H and O–H groups in total. The molecule has 0 fully saturated rings. The van der Waals surface area contributed by atoms with E-state index in [4.69, 9.17) is 4.74 Å². The molecular formula is C21H27NO. The maximum atomic E-state index is 5.97. The summed E-state index contributed by atoms with van der Waals surface area (Å²) in [4.78, 5) is 2.23.